The molecule has 1 amide bonds. The summed E-state index contributed by atoms with van der Waals surface area (Å²) in [7, 11) is 0. The Labute approximate surface area is 188 Å². The van der Waals surface area contributed by atoms with E-state index in [-0.39, 0.29) is 24.4 Å². The molecule has 0 aliphatic carbocycles. The van der Waals surface area contributed by atoms with Crippen LogP contribution in [0.3, 0.4) is 0 Å². The zero-order valence-corrected chi connectivity index (χ0v) is 18.2. The van der Waals surface area contributed by atoms with E-state index >= 15 is 0 Å². The lowest BCUT2D eigenvalue weighted by Crippen LogP contribution is -2.33. The first-order valence-electron chi connectivity index (χ1n) is 10.2. The molecular weight excluding hydrogens is 432 g/mol. The van der Waals surface area contributed by atoms with Gasteiger partial charge in [0, 0.05) is 42.4 Å². The Bertz CT molecular complexity index is 1290. The number of halogens is 1. The monoisotopic (exact) mass is 452 g/mol. The third-order valence-electron chi connectivity index (χ3n) is 4.85. The highest BCUT2D eigenvalue weighted by Crippen LogP contribution is 2.16. The summed E-state index contributed by atoms with van der Waals surface area (Å²) in [5.41, 5.74) is 0.973. The summed E-state index contributed by atoms with van der Waals surface area (Å²) in [5, 5.41) is 4.89. The number of carbonyl (C=O) groups is 1. The summed E-state index contributed by atoms with van der Waals surface area (Å²) >= 11 is 6.03. The van der Waals surface area contributed by atoms with E-state index in [0.717, 1.165) is 12.0 Å². The minimum atomic E-state index is -0.264. The van der Waals surface area contributed by atoms with Crippen molar-refractivity contribution in [3.8, 4) is 11.4 Å². The van der Waals surface area contributed by atoms with Crippen LogP contribution in [0.1, 0.15) is 31.5 Å². The number of aryl methyl sites for hydroxylation is 1. The average Bonchev–Trinajstić information content (AvgIpc) is 3.26. The Morgan fingerprint density at radius 2 is 2.12 bits per heavy atom. The number of fused-ring (bicyclic) bond motifs is 1. The van der Waals surface area contributed by atoms with Crippen LogP contribution in [0.15, 0.2) is 52.0 Å². The molecule has 10 heteroatoms. The number of amides is 1. The van der Waals surface area contributed by atoms with Crippen LogP contribution in [0.25, 0.3) is 22.3 Å². The summed E-state index contributed by atoms with van der Waals surface area (Å²) in [6.45, 7) is 2.70. The standard InChI is InChI=1S/C22H21ClN6O3/c1-2-10-29(13-18-25-17-11-15(23)5-6-16(17)22(31)26-18)20(30)8-7-19-27-21(28-32-19)14-4-3-9-24-12-14/h3-6,9,11-12H,2,7-8,10,13H2,1H3,(H,25,26,31). The molecule has 0 saturated heterocycles. The van der Waals surface area contributed by atoms with Crippen LogP contribution in [-0.2, 0) is 17.8 Å². The van der Waals surface area contributed by atoms with Gasteiger partial charge in [0.2, 0.25) is 17.6 Å². The van der Waals surface area contributed by atoms with Gasteiger partial charge in [-0.05, 0) is 36.8 Å². The minimum Gasteiger partial charge on any atom is -0.339 e. The highest BCUT2D eigenvalue weighted by molar-refractivity contribution is 6.31. The highest BCUT2D eigenvalue weighted by Gasteiger charge is 2.17. The van der Waals surface area contributed by atoms with Gasteiger partial charge in [0.25, 0.3) is 5.56 Å². The van der Waals surface area contributed by atoms with E-state index in [4.69, 9.17) is 16.1 Å². The molecular formula is C22H21ClN6O3. The third kappa shape index (κ3) is 5.00. The SMILES string of the molecule is CCCN(Cc1nc2cc(Cl)ccc2c(=O)[nH]1)C(=O)CCc1nc(-c2cccnc2)no1. The number of aromatic amines is 1. The van der Waals surface area contributed by atoms with Crippen molar-refractivity contribution in [3.05, 3.63) is 69.8 Å². The second-order valence-electron chi connectivity index (χ2n) is 7.24. The summed E-state index contributed by atoms with van der Waals surface area (Å²) < 4.78 is 5.27. The summed E-state index contributed by atoms with van der Waals surface area (Å²) in [6, 6.07) is 8.53. The van der Waals surface area contributed by atoms with Gasteiger partial charge < -0.3 is 14.4 Å². The maximum Gasteiger partial charge on any atom is 0.258 e. The van der Waals surface area contributed by atoms with E-state index in [0.29, 0.717) is 46.4 Å². The summed E-state index contributed by atoms with van der Waals surface area (Å²) in [4.78, 5) is 42.5. The van der Waals surface area contributed by atoms with Gasteiger partial charge in [0.1, 0.15) is 5.82 Å². The molecule has 0 spiro atoms. The Balaban J connectivity index is 1.45. The first-order chi connectivity index (χ1) is 15.5. The Kier molecular flexibility index (Phi) is 6.55. The van der Waals surface area contributed by atoms with E-state index in [9.17, 15) is 9.59 Å². The predicted molar refractivity (Wildman–Crippen MR) is 119 cm³/mol. The number of carbonyl (C=O) groups excluding carboxylic acids is 1. The zero-order chi connectivity index (χ0) is 22.5. The molecule has 4 aromatic rings. The number of aromatic nitrogens is 5. The molecule has 0 aliphatic rings. The van der Waals surface area contributed by atoms with Crippen molar-refractivity contribution < 1.29 is 9.32 Å². The van der Waals surface area contributed by atoms with Crippen LogP contribution in [0.2, 0.25) is 5.02 Å². The quantitative estimate of drug-likeness (QED) is 0.435. The maximum atomic E-state index is 12.9. The smallest absolute Gasteiger partial charge is 0.258 e. The van der Waals surface area contributed by atoms with Gasteiger partial charge >= 0.3 is 0 Å². The Hall–Kier alpha value is -3.59. The molecule has 32 heavy (non-hydrogen) atoms. The largest absolute Gasteiger partial charge is 0.339 e. The number of nitrogens with one attached hydrogen (secondary N) is 1. The van der Waals surface area contributed by atoms with Crippen molar-refractivity contribution in [1.29, 1.82) is 0 Å². The maximum absolute atomic E-state index is 12.9. The van der Waals surface area contributed by atoms with Gasteiger partial charge in [-0.1, -0.05) is 23.7 Å². The van der Waals surface area contributed by atoms with Crippen LogP contribution in [0.5, 0.6) is 0 Å². The van der Waals surface area contributed by atoms with Crippen molar-refractivity contribution in [2.75, 3.05) is 6.54 Å². The molecule has 1 N–H and O–H groups in total. The molecule has 0 radical (unpaired) electrons. The predicted octanol–water partition coefficient (Wildman–Crippen LogP) is 3.39. The lowest BCUT2D eigenvalue weighted by molar-refractivity contribution is -0.132. The average molecular weight is 453 g/mol. The van der Waals surface area contributed by atoms with Crippen molar-refractivity contribution in [2.24, 2.45) is 0 Å². The molecule has 0 atom stereocenters. The number of nitrogens with zero attached hydrogens (tertiary/aromatic N) is 5. The highest BCUT2D eigenvalue weighted by atomic mass is 35.5. The van der Waals surface area contributed by atoms with Gasteiger partial charge in [-0.2, -0.15) is 4.98 Å². The number of benzene rings is 1. The second-order valence-corrected chi connectivity index (χ2v) is 7.68. The second kappa shape index (κ2) is 9.69. The molecule has 1 aromatic carbocycles. The molecule has 0 bridgehead atoms. The third-order valence-corrected chi connectivity index (χ3v) is 5.08. The molecule has 0 saturated carbocycles. The van der Waals surface area contributed by atoms with Gasteiger partial charge in [-0.25, -0.2) is 4.98 Å². The van der Waals surface area contributed by atoms with Crippen LogP contribution in [-0.4, -0.2) is 42.4 Å². The van der Waals surface area contributed by atoms with E-state index < -0.39 is 0 Å². The first-order valence-corrected chi connectivity index (χ1v) is 10.6. The number of hydrogen-bond acceptors (Lipinski definition) is 7. The van der Waals surface area contributed by atoms with Crippen LogP contribution < -0.4 is 5.56 Å². The van der Waals surface area contributed by atoms with E-state index in [1.165, 1.54) is 0 Å². The van der Waals surface area contributed by atoms with Crippen LogP contribution >= 0.6 is 11.6 Å². The molecule has 3 aromatic heterocycles. The van der Waals surface area contributed by atoms with Gasteiger partial charge in [0.05, 0.1) is 17.4 Å². The van der Waals surface area contributed by atoms with Crippen molar-refractivity contribution in [2.45, 2.75) is 32.7 Å². The van der Waals surface area contributed by atoms with Crippen molar-refractivity contribution in [3.63, 3.8) is 0 Å². The fourth-order valence-electron chi connectivity index (χ4n) is 3.32. The molecule has 9 nitrogen and oxygen atoms in total. The molecule has 4 rings (SSSR count). The zero-order valence-electron chi connectivity index (χ0n) is 17.4. The topological polar surface area (TPSA) is 118 Å². The van der Waals surface area contributed by atoms with Crippen molar-refractivity contribution >= 4 is 28.4 Å². The van der Waals surface area contributed by atoms with Crippen LogP contribution in [0, 0.1) is 0 Å². The van der Waals surface area contributed by atoms with Gasteiger partial charge in [-0.3, -0.25) is 14.6 Å². The fraction of sp³-hybridized carbons (Fsp3) is 0.273. The summed E-state index contributed by atoms with van der Waals surface area (Å²) in [5.74, 6) is 1.12. The fourth-order valence-corrected chi connectivity index (χ4v) is 3.49. The molecule has 0 unspecified atom stereocenters. The van der Waals surface area contributed by atoms with Gasteiger partial charge in [-0.15, -0.1) is 0 Å². The Morgan fingerprint density at radius 1 is 1.25 bits per heavy atom. The molecule has 0 aliphatic heterocycles. The van der Waals surface area contributed by atoms with Gasteiger partial charge in [0.15, 0.2) is 0 Å². The number of pyridine rings is 1. The van der Waals surface area contributed by atoms with E-state index in [1.54, 1.807) is 41.6 Å². The molecule has 3 heterocycles. The number of H-pyrrole nitrogens is 1. The number of rotatable bonds is 8. The minimum absolute atomic E-state index is 0.0955. The first kappa shape index (κ1) is 21.6. The lowest BCUT2D eigenvalue weighted by atomic mass is 10.2. The van der Waals surface area contributed by atoms with Crippen molar-refractivity contribution in [1.82, 2.24) is 30.0 Å². The van der Waals surface area contributed by atoms with E-state index in [2.05, 4.69) is 25.1 Å². The van der Waals surface area contributed by atoms with Crippen LogP contribution in [0.4, 0.5) is 0 Å². The normalized spacial score (nSPS) is 11.1. The Morgan fingerprint density at radius 3 is 2.91 bits per heavy atom. The molecule has 0 fully saturated rings. The summed E-state index contributed by atoms with van der Waals surface area (Å²) in [6.07, 6.45) is 4.58. The molecule has 164 valence electrons. The van der Waals surface area contributed by atoms with E-state index in [1.807, 2.05) is 13.0 Å². The number of hydrogen-bond donors (Lipinski definition) is 1. The lowest BCUT2D eigenvalue weighted by Gasteiger charge is -2.21.